The van der Waals surface area contributed by atoms with Crippen molar-refractivity contribution in [1.82, 2.24) is 9.97 Å². The van der Waals surface area contributed by atoms with E-state index in [0.29, 0.717) is 11.3 Å². The molecular formula is C23H28F2N2O2. The van der Waals surface area contributed by atoms with Crippen LogP contribution in [0.15, 0.2) is 47.5 Å². The van der Waals surface area contributed by atoms with Crippen LogP contribution in [0, 0.1) is 17.6 Å². The maximum atomic E-state index is 12.5. The molecule has 0 spiro atoms. The van der Waals surface area contributed by atoms with Crippen molar-refractivity contribution in [3.63, 3.8) is 0 Å². The van der Waals surface area contributed by atoms with Crippen molar-refractivity contribution in [3.05, 3.63) is 70.3 Å². The zero-order valence-electron chi connectivity index (χ0n) is 17.3. The van der Waals surface area contributed by atoms with Crippen LogP contribution in [0.3, 0.4) is 0 Å². The quantitative estimate of drug-likeness (QED) is 0.587. The summed E-state index contributed by atoms with van der Waals surface area (Å²) in [6, 6.07) is 7.42. The molecule has 1 aromatic carbocycles. The highest BCUT2D eigenvalue weighted by Gasteiger charge is 2.23. The minimum Gasteiger partial charge on any atom is -0.494 e. The zero-order chi connectivity index (χ0) is 21.4. The number of methoxy groups -OCH3 is 1. The average Bonchev–Trinajstić information content (AvgIpc) is 3.18. The van der Waals surface area contributed by atoms with Gasteiger partial charge in [0.25, 0.3) is 0 Å². The second-order valence-corrected chi connectivity index (χ2v) is 6.88. The van der Waals surface area contributed by atoms with Crippen molar-refractivity contribution in [1.29, 1.82) is 0 Å². The number of aromatic amines is 1. The normalized spacial score (nSPS) is 17.7. The number of ether oxygens (including phenoxy) is 1. The number of rotatable bonds is 2. The molecule has 1 unspecified atom stereocenters. The molecule has 1 aliphatic carbocycles. The van der Waals surface area contributed by atoms with Crippen molar-refractivity contribution >= 4 is 10.9 Å². The molecule has 3 aromatic rings. The molecule has 2 heterocycles. The minimum atomic E-state index is -0.940. The van der Waals surface area contributed by atoms with Crippen LogP contribution in [0.1, 0.15) is 51.6 Å². The predicted octanol–water partition coefficient (Wildman–Crippen LogP) is 5.83. The number of H-pyrrole nitrogens is 1. The molecule has 0 bridgehead atoms. The van der Waals surface area contributed by atoms with Gasteiger partial charge in [0.05, 0.1) is 18.0 Å². The molecule has 0 radical (unpaired) electrons. The van der Waals surface area contributed by atoms with Gasteiger partial charge in [-0.3, -0.25) is 9.78 Å². The molecule has 0 aliphatic heterocycles. The van der Waals surface area contributed by atoms with Gasteiger partial charge >= 0.3 is 0 Å². The van der Waals surface area contributed by atoms with Gasteiger partial charge in [0, 0.05) is 24.2 Å². The lowest BCUT2D eigenvalue weighted by Crippen LogP contribution is -2.08. The first-order chi connectivity index (χ1) is 14.0. The third-order valence-corrected chi connectivity index (χ3v) is 4.92. The van der Waals surface area contributed by atoms with Crippen molar-refractivity contribution < 1.29 is 13.5 Å². The zero-order valence-corrected chi connectivity index (χ0v) is 17.3. The Morgan fingerprint density at radius 1 is 1.17 bits per heavy atom. The van der Waals surface area contributed by atoms with Crippen LogP contribution in [-0.2, 0) is 0 Å². The number of pyridine rings is 2. The van der Waals surface area contributed by atoms with Gasteiger partial charge in [-0.2, -0.15) is 4.39 Å². The molecule has 0 saturated heterocycles. The summed E-state index contributed by atoms with van der Waals surface area (Å²) >= 11 is 0. The molecule has 2 aromatic heterocycles. The molecule has 1 N–H and O–H groups in total. The Morgan fingerprint density at radius 3 is 2.55 bits per heavy atom. The van der Waals surface area contributed by atoms with Crippen LogP contribution >= 0.6 is 0 Å². The average molecular weight is 402 g/mol. The number of benzene rings is 1. The number of hydrogen-bond donors (Lipinski definition) is 1. The minimum absolute atomic E-state index is 0.0694. The first-order valence-corrected chi connectivity index (χ1v) is 9.94. The Morgan fingerprint density at radius 2 is 1.93 bits per heavy atom. The van der Waals surface area contributed by atoms with Crippen molar-refractivity contribution in [2.45, 2.75) is 46.0 Å². The van der Waals surface area contributed by atoms with E-state index >= 15 is 0 Å². The van der Waals surface area contributed by atoms with Gasteiger partial charge in [-0.25, -0.2) is 4.39 Å². The number of hydrogen-bond acceptors (Lipinski definition) is 3. The van der Waals surface area contributed by atoms with Gasteiger partial charge in [0.1, 0.15) is 0 Å². The number of nitrogens with one attached hydrogen (secondary N) is 1. The summed E-state index contributed by atoms with van der Waals surface area (Å²) in [5.41, 5.74) is 2.08. The highest BCUT2D eigenvalue weighted by molar-refractivity contribution is 5.77. The fourth-order valence-electron chi connectivity index (χ4n) is 3.46. The molecule has 1 aliphatic rings. The Bertz CT molecular complexity index is 988. The van der Waals surface area contributed by atoms with Crippen molar-refractivity contribution in [2.75, 3.05) is 7.11 Å². The van der Waals surface area contributed by atoms with Crippen molar-refractivity contribution in [3.8, 4) is 5.75 Å². The van der Waals surface area contributed by atoms with E-state index in [2.05, 4.69) is 21.6 Å². The van der Waals surface area contributed by atoms with E-state index in [0.717, 1.165) is 23.2 Å². The number of aromatic nitrogens is 2. The topological polar surface area (TPSA) is 55.0 Å². The fraction of sp³-hybridized carbons (Fsp3) is 0.391. The van der Waals surface area contributed by atoms with Gasteiger partial charge in [-0.15, -0.1) is 0 Å². The van der Waals surface area contributed by atoms with Crippen molar-refractivity contribution in [2.24, 2.45) is 5.92 Å². The summed E-state index contributed by atoms with van der Waals surface area (Å²) in [4.78, 5) is 19.4. The maximum absolute atomic E-state index is 12.5. The molecule has 2 atom stereocenters. The number of nitrogens with zero attached hydrogens (tertiary/aromatic N) is 1. The van der Waals surface area contributed by atoms with Crippen LogP contribution in [0.2, 0.25) is 0 Å². The Hall–Kier alpha value is -2.76. The summed E-state index contributed by atoms with van der Waals surface area (Å²) in [5.74, 6) is -0.601. The van der Waals surface area contributed by atoms with E-state index in [1.165, 1.54) is 38.5 Å². The number of fused-ring (bicyclic) bond motifs is 1. The van der Waals surface area contributed by atoms with Crippen LogP contribution in [0.5, 0.6) is 5.75 Å². The molecule has 1 fully saturated rings. The highest BCUT2D eigenvalue weighted by atomic mass is 19.2. The standard InChI is InChI=1S/C14H16N2O.C7H6F2O.C2H6/c1-9-2-3-10(6-9)13-7-14(17)11-8-15-5-4-12(11)16-13;1-10-6-4-2-3-5(8)7(6)9;1-2/h4-5,7-10H,2-3,6H2,1H3,(H,16,17);2-4H,1H3;1-2H3/t9?,10-;;/m0../s1. The number of halogens is 2. The summed E-state index contributed by atoms with van der Waals surface area (Å²) in [5, 5.41) is 0.683. The highest BCUT2D eigenvalue weighted by Crippen LogP contribution is 2.36. The van der Waals surface area contributed by atoms with E-state index in [1.54, 1.807) is 18.5 Å². The smallest absolute Gasteiger partial charge is 0.200 e. The second-order valence-electron chi connectivity index (χ2n) is 6.88. The molecule has 156 valence electrons. The fourth-order valence-corrected chi connectivity index (χ4v) is 3.46. The lowest BCUT2D eigenvalue weighted by atomic mass is 10.0. The van der Waals surface area contributed by atoms with E-state index < -0.39 is 11.6 Å². The lowest BCUT2D eigenvalue weighted by molar-refractivity contribution is 0.372. The third kappa shape index (κ3) is 5.62. The van der Waals surface area contributed by atoms with Gasteiger partial charge in [-0.1, -0.05) is 33.3 Å². The van der Waals surface area contributed by atoms with Gasteiger partial charge in [0.15, 0.2) is 17.0 Å². The first kappa shape index (κ1) is 22.5. The van der Waals surface area contributed by atoms with Gasteiger partial charge in [-0.05, 0) is 42.9 Å². The Labute approximate surface area is 170 Å². The summed E-state index contributed by atoms with van der Waals surface area (Å²) in [6.07, 6.45) is 7.00. The molecule has 0 amide bonds. The van der Waals surface area contributed by atoms with Crippen LogP contribution in [-0.4, -0.2) is 17.1 Å². The molecule has 4 nitrogen and oxygen atoms in total. The molecular weight excluding hydrogens is 374 g/mol. The van der Waals surface area contributed by atoms with Crippen LogP contribution in [0.25, 0.3) is 10.9 Å². The molecule has 1 saturated carbocycles. The monoisotopic (exact) mass is 402 g/mol. The largest absolute Gasteiger partial charge is 0.494 e. The van der Waals surface area contributed by atoms with Crippen LogP contribution in [0.4, 0.5) is 8.78 Å². The lowest BCUT2D eigenvalue weighted by Gasteiger charge is -2.10. The van der Waals surface area contributed by atoms with E-state index in [-0.39, 0.29) is 11.2 Å². The van der Waals surface area contributed by atoms with E-state index in [4.69, 9.17) is 0 Å². The molecule has 4 rings (SSSR count). The predicted molar refractivity (Wildman–Crippen MR) is 112 cm³/mol. The first-order valence-electron chi connectivity index (χ1n) is 9.94. The van der Waals surface area contributed by atoms with E-state index in [9.17, 15) is 13.6 Å². The SMILES string of the molecule is CC.CC1CC[C@H](c2cc(=O)c3cnccc3[nH]2)C1.COc1cccc(F)c1F. The van der Waals surface area contributed by atoms with E-state index in [1.807, 2.05) is 19.9 Å². The Kier molecular flexibility index (Phi) is 8.31. The molecule has 29 heavy (non-hydrogen) atoms. The van der Waals surface area contributed by atoms with Crippen LogP contribution < -0.4 is 10.2 Å². The maximum Gasteiger partial charge on any atom is 0.200 e. The Balaban J connectivity index is 0.000000215. The summed E-state index contributed by atoms with van der Waals surface area (Å²) in [7, 11) is 1.29. The van der Waals surface area contributed by atoms with Gasteiger partial charge < -0.3 is 9.72 Å². The summed E-state index contributed by atoms with van der Waals surface area (Å²) in [6.45, 7) is 6.28. The summed E-state index contributed by atoms with van der Waals surface area (Å²) < 4.78 is 29.3. The third-order valence-electron chi connectivity index (χ3n) is 4.92. The van der Waals surface area contributed by atoms with Gasteiger partial charge in [0.2, 0.25) is 5.82 Å². The second kappa shape index (κ2) is 10.7. The molecule has 6 heteroatoms.